The number of nitrogens with zero attached hydrogens (tertiary/aromatic N) is 5. The molecule has 0 aliphatic heterocycles. The van der Waals surface area contributed by atoms with Crippen LogP contribution in [0.3, 0.4) is 0 Å². The van der Waals surface area contributed by atoms with Gasteiger partial charge in [0.15, 0.2) is 0 Å². The van der Waals surface area contributed by atoms with Crippen molar-refractivity contribution in [3.05, 3.63) is 155 Å². The zero-order valence-electron chi connectivity index (χ0n) is 27.9. The molecular weight excluding hydrogens is 630 g/mol. The quantitative estimate of drug-likeness (QED) is 0.167. The van der Waals surface area contributed by atoms with Gasteiger partial charge in [-0.05, 0) is 85.5 Å². The highest BCUT2D eigenvalue weighted by Crippen LogP contribution is 2.42. The lowest BCUT2D eigenvalue weighted by Gasteiger charge is -2.22. The molecule has 0 spiro atoms. The lowest BCUT2D eigenvalue weighted by atomic mass is 9.86. The molecule has 8 rings (SSSR count). The van der Waals surface area contributed by atoms with Crippen LogP contribution >= 0.6 is 0 Å². The van der Waals surface area contributed by atoms with Crippen molar-refractivity contribution in [1.29, 1.82) is 15.8 Å². The van der Waals surface area contributed by atoms with Gasteiger partial charge in [0.1, 0.15) is 6.67 Å². The van der Waals surface area contributed by atoms with Crippen molar-refractivity contribution in [2.45, 2.75) is 19.8 Å². The molecule has 242 valence electrons. The Labute approximate surface area is 294 Å². The average Bonchev–Trinajstić information content (AvgIpc) is 3.70. The minimum atomic E-state index is -0.784. The predicted molar refractivity (Wildman–Crippen MR) is 205 cm³/mol. The van der Waals surface area contributed by atoms with Crippen LogP contribution < -0.4 is 0 Å². The first-order valence-corrected chi connectivity index (χ1v) is 16.8. The van der Waals surface area contributed by atoms with Crippen LogP contribution in [0.4, 0.5) is 4.39 Å². The maximum Gasteiger partial charge on any atom is 0.130 e. The first kappa shape index (κ1) is 31.3. The van der Waals surface area contributed by atoms with Crippen LogP contribution in [-0.4, -0.2) is 15.8 Å². The highest BCUT2D eigenvalue weighted by atomic mass is 19.1. The molecule has 0 unspecified atom stereocenters. The molecule has 5 nitrogen and oxygen atoms in total. The monoisotopic (exact) mass is 659 g/mol. The summed E-state index contributed by atoms with van der Waals surface area (Å²) < 4.78 is 19.9. The van der Waals surface area contributed by atoms with Crippen molar-refractivity contribution in [3.8, 4) is 18.2 Å². The minimum absolute atomic E-state index is 0.416. The molecular formula is C45H30FN5. The molecule has 0 atom stereocenters. The van der Waals surface area contributed by atoms with Crippen molar-refractivity contribution in [3.63, 3.8) is 0 Å². The molecule has 6 heteroatoms. The number of rotatable bonds is 6. The summed E-state index contributed by atoms with van der Waals surface area (Å²) in [6.45, 7) is 1.11. The third-order valence-electron chi connectivity index (χ3n) is 9.88. The fourth-order valence-electron chi connectivity index (χ4n) is 7.74. The molecule has 0 fully saturated rings. The van der Waals surface area contributed by atoms with Crippen molar-refractivity contribution in [1.82, 2.24) is 9.13 Å². The molecule has 1 aliphatic carbocycles. The van der Waals surface area contributed by atoms with E-state index in [-0.39, 0.29) is 0 Å². The van der Waals surface area contributed by atoms with E-state index in [2.05, 4.69) is 53.1 Å². The van der Waals surface area contributed by atoms with Crippen molar-refractivity contribution in [2.24, 2.45) is 0 Å². The van der Waals surface area contributed by atoms with Gasteiger partial charge in [0.2, 0.25) is 0 Å². The molecule has 0 amide bonds. The molecule has 7 aromatic rings. The van der Waals surface area contributed by atoms with E-state index in [1.165, 1.54) is 0 Å². The molecule has 2 heterocycles. The van der Waals surface area contributed by atoms with Gasteiger partial charge in [-0.3, -0.25) is 0 Å². The van der Waals surface area contributed by atoms with Crippen LogP contribution in [0.25, 0.3) is 66.2 Å². The Kier molecular flexibility index (Phi) is 7.88. The maximum atomic E-state index is 15.7. The smallest absolute Gasteiger partial charge is 0.130 e. The number of fused-ring (bicyclic) bond motifs is 6. The fourth-order valence-corrected chi connectivity index (χ4v) is 7.74. The van der Waals surface area contributed by atoms with Crippen LogP contribution in [0.5, 0.6) is 0 Å². The first-order chi connectivity index (χ1) is 25.1. The molecule has 0 saturated carbocycles. The Bertz CT molecular complexity index is 2830. The van der Waals surface area contributed by atoms with E-state index < -0.39 is 6.67 Å². The Morgan fingerprint density at radius 2 is 1.41 bits per heavy atom. The van der Waals surface area contributed by atoms with Gasteiger partial charge in [-0.1, -0.05) is 72.8 Å². The number of halogens is 1. The van der Waals surface area contributed by atoms with Gasteiger partial charge in [0.25, 0.3) is 0 Å². The molecule has 0 radical (unpaired) electrons. The van der Waals surface area contributed by atoms with Crippen LogP contribution in [0.2, 0.25) is 0 Å². The Balaban J connectivity index is 1.35. The normalized spacial score (nSPS) is 13.6. The van der Waals surface area contributed by atoms with E-state index in [0.717, 1.165) is 66.9 Å². The molecule has 2 aromatic heterocycles. The number of hydrogen-bond acceptors (Lipinski definition) is 3. The van der Waals surface area contributed by atoms with E-state index in [9.17, 15) is 15.8 Å². The predicted octanol–water partition coefficient (Wildman–Crippen LogP) is 11.1. The molecule has 0 N–H and O–H groups in total. The summed E-state index contributed by atoms with van der Waals surface area (Å²) in [6.07, 6.45) is 9.44. The molecule has 0 bridgehead atoms. The van der Waals surface area contributed by atoms with Crippen molar-refractivity contribution < 1.29 is 4.39 Å². The number of allylic oxidation sites excluding steroid dienone is 8. The summed E-state index contributed by atoms with van der Waals surface area (Å²) in [5.74, 6) is 0. The van der Waals surface area contributed by atoms with Gasteiger partial charge in [-0.15, -0.1) is 0 Å². The van der Waals surface area contributed by atoms with Crippen molar-refractivity contribution in [2.75, 3.05) is 6.67 Å². The van der Waals surface area contributed by atoms with Crippen LogP contribution in [0.1, 0.15) is 47.6 Å². The summed E-state index contributed by atoms with van der Waals surface area (Å²) in [5.41, 5.74) is 10.0. The van der Waals surface area contributed by atoms with Gasteiger partial charge >= 0.3 is 0 Å². The van der Waals surface area contributed by atoms with Gasteiger partial charge in [-0.2, -0.15) is 15.8 Å². The number of benzene rings is 5. The molecule has 0 saturated heterocycles. The van der Waals surface area contributed by atoms with Gasteiger partial charge in [-0.25, -0.2) is 4.39 Å². The largest absolute Gasteiger partial charge is 0.313 e. The van der Waals surface area contributed by atoms with Gasteiger partial charge in [0.05, 0.1) is 62.7 Å². The SMILES string of the molecule is C/C=C\C(=C(/CF)n1c2ccccc2c2cc(C#N)ccc21)c1c(C#N)cccc1C1=CC=C(n2c3ccccc3c3c(C#N)cccc32)CC1. The summed E-state index contributed by atoms with van der Waals surface area (Å²) in [7, 11) is 0. The standard InChI is InChI=1S/C45H30FN5/c1-2-9-36(43(25-46)51-39-15-5-3-12-35(39)38-24-29(26-47)18-23-41(38)51)44-31(27-48)10-7-14-34(44)30-19-21-33(22-20-30)50-40-16-6-4-13-37(40)45-32(28-49)11-8-17-42(45)50/h2-19,21,23-24H,20,22,25H2,1H3/b9-2-,43-36-. The third kappa shape index (κ3) is 4.95. The zero-order valence-corrected chi connectivity index (χ0v) is 27.9. The second-order valence-electron chi connectivity index (χ2n) is 12.5. The molecule has 51 heavy (non-hydrogen) atoms. The number of aromatic nitrogens is 2. The number of hydrogen-bond donors (Lipinski definition) is 0. The van der Waals surface area contributed by atoms with E-state index in [1.54, 1.807) is 12.1 Å². The Hall–Kier alpha value is -6.94. The Morgan fingerprint density at radius 1 is 0.706 bits per heavy atom. The van der Waals surface area contributed by atoms with E-state index in [4.69, 9.17) is 0 Å². The van der Waals surface area contributed by atoms with Crippen LogP contribution in [0.15, 0.2) is 127 Å². The lowest BCUT2D eigenvalue weighted by molar-refractivity contribution is 0.562. The number of para-hydroxylation sites is 2. The third-order valence-corrected chi connectivity index (χ3v) is 9.88. The second kappa shape index (κ2) is 12.8. The highest BCUT2D eigenvalue weighted by molar-refractivity contribution is 6.14. The lowest BCUT2D eigenvalue weighted by Crippen LogP contribution is -2.07. The van der Waals surface area contributed by atoms with Crippen molar-refractivity contribution >= 4 is 66.2 Å². The molecule has 5 aromatic carbocycles. The summed E-state index contributed by atoms with van der Waals surface area (Å²) >= 11 is 0. The maximum absolute atomic E-state index is 15.7. The van der Waals surface area contributed by atoms with Gasteiger partial charge in [0, 0.05) is 38.4 Å². The topological polar surface area (TPSA) is 81.2 Å². The van der Waals surface area contributed by atoms with E-state index in [0.29, 0.717) is 39.9 Å². The van der Waals surface area contributed by atoms with Crippen LogP contribution in [-0.2, 0) is 0 Å². The summed E-state index contributed by atoms with van der Waals surface area (Å²) in [4.78, 5) is 0. The Morgan fingerprint density at radius 3 is 2.14 bits per heavy atom. The number of nitriles is 3. The highest BCUT2D eigenvalue weighted by Gasteiger charge is 2.24. The minimum Gasteiger partial charge on any atom is -0.313 e. The zero-order chi connectivity index (χ0) is 35.1. The second-order valence-corrected chi connectivity index (χ2v) is 12.5. The average molecular weight is 660 g/mol. The van der Waals surface area contributed by atoms with E-state index in [1.807, 2.05) is 96.4 Å². The van der Waals surface area contributed by atoms with Crippen LogP contribution in [0, 0.1) is 34.0 Å². The fraction of sp³-hybridized carbons (Fsp3) is 0.0889. The summed E-state index contributed by atoms with van der Waals surface area (Å²) in [5, 5.41) is 33.8. The molecule has 1 aliphatic rings. The summed E-state index contributed by atoms with van der Waals surface area (Å²) in [6, 6.07) is 40.0. The first-order valence-electron chi connectivity index (χ1n) is 16.8. The van der Waals surface area contributed by atoms with E-state index >= 15 is 4.39 Å². The number of alkyl halides is 1. The van der Waals surface area contributed by atoms with Gasteiger partial charge < -0.3 is 9.13 Å².